The number of amides is 1. The van der Waals surface area contributed by atoms with Crippen molar-refractivity contribution < 1.29 is 14.3 Å². The lowest BCUT2D eigenvalue weighted by atomic mass is 10.1. The summed E-state index contributed by atoms with van der Waals surface area (Å²) in [4.78, 5) is 23.1. The van der Waals surface area contributed by atoms with Crippen molar-refractivity contribution in [2.75, 3.05) is 40.5 Å². The molecule has 1 aromatic heterocycles. The predicted octanol–water partition coefficient (Wildman–Crippen LogP) is -0.0225. The minimum atomic E-state index is -0.0423. The molecule has 1 aromatic rings. The Morgan fingerprint density at radius 1 is 1.43 bits per heavy atom. The Morgan fingerprint density at radius 3 is 3.00 bits per heavy atom. The van der Waals surface area contributed by atoms with Crippen molar-refractivity contribution in [1.29, 1.82) is 0 Å². The van der Waals surface area contributed by atoms with Gasteiger partial charge in [0, 0.05) is 45.6 Å². The number of pyridine rings is 1. The second-order valence-electron chi connectivity index (χ2n) is 5.75. The van der Waals surface area contributed by atoms with Crippen molar-refractivity contribution >= 4 is 11.7 Å². The minimum Gasteiger partial charge on any atom is -0.383 e. The minimum absolute atomic E-state index is 0.0423. The number of rotatable bonds is 6. The zero-order valence-electron chi connectivity index (χ0n) is 13.5. The Bertz CT molecular complexity index is 611. The number of nitrogens with zero attached hydrogens (tertiary/aromatic N) is 3. The van der Waals surface area contributed by atoms with Gasteiger partial charge in [-0.1, -0.05) is 0 Å². The third kappa shape index (κ3) is 3.51. The highest BCUT2D eigenvalue weighted by molar-refractivity contribution is 6.02. The lowest BCUT2D eigenvalue weighted by Crippen LogP contribution is -2.54. The van der Waals surface area contributed by atoms with E-state index in [0.29, 0.717) is 25.8 Å². The summed E-state index contributed by atoms with van der Waals surface area (Å²) in [7, 11) is 3.34. The molecule has 23 heavy (non-hydrogen) atoms. The van der Waals surface area contributed by atoms with E-state index in [1.807, 2.05) is 12.3 Å². The first-order valence-electron chi connectivity index (χ1n) is 7.77. The largest absolute Gasteiger partial charge is 0.383 e. The van der Waals surface area contributed by atoms with Crippen LogP contribution in [-0.4, -0.2) is 68.2 Å². The Kier molecular flexibility index (Phi) is 4.88. The normalized spacial score (nSPS) is 16.8. The fraction of sp³-hybridized carbons (Fsp3) is 0.562. The van der Waals surface area contributed by atoms with Crippen LogP contribution in [0.15, 0.2) is 17.3 Å². The quantitative estimate of drug-likeness (QED) is 0.746. The highest BCUT2D eigenvalue weighted by atomic mass is 16.5. The molecule has 0 atom stereocenters. The van der Waals surface area contributed by atoms with Crippen molar-refractivity contribution in [3.63, 3.8) is 0 Å². The monoisotopic (exact) mass is 318 g/mol. The average molecular weight is 318 g/mol. The van der Waals surface area contributed by atoms with Gasteiger partial charge in [-0.2, -0.15) is 0 Å². The molecule has 0 saturated carbocycles. The number of fused-ring (bicyclic) bond motifs is 1. The number of amidine groups is 1. The van der Waals surface area contributed by atoms with Crippen molar-refractivity contribution in [2.45, 2.75) is 19.1 Å². The van der Waals surface area contributed by atoms with Crippen LogP contribution < -0.4 is 5.32 Å². The molecule has 1 N–H and O–H groups in total. The molecule has 7 heteroatoms. The maximum Gasteiger partial charge on any atom is 0.226 e. The van der Waals surface area contributed by atoms with E-state index in [2.05, 4.69) is 20.2 Å². The maximum absolute atomic E-state index is 11.8. The van der Waals surface area contributed by atoms with Gasteiger partial charge >= 0.3 is 0 Å². The summed E-state index contributed by atoms with van der Waals surface area (Å²) in [6.07, 6.45) is 2.41. The summed E-state index contributed by atoms with van der Waals surface area (Å²) in [5, 5.41) is 2.80. The van der Waals surface area contributed by atoms with Crippen LogP contribution >= 0.6 is 0 Å². The molecular weight excluding hydrogens is 296 g/mol. The topological polar surface area (TPSA) is 76.0 Å². The van der Waals surface area contributed by atoms with E-state index in [0.717, 1.165) is 35.7 Å². The summed E-state index contributed by atoms with van der Waals surface area (Å²) in [6, 6.07) is 1.98. The molecule has 0 aromatic carbocycles. The van der Waals surface area contributed by atoms with Crippen LogP contribution in [0.2, 0.25) is 0 Å². The first kappa shape index (κ1) is 15.9. The van der Waals surface area contributed by atoms with Gasteiger partial charge in [-0.25, -0.2) is 0 Å². The molecule has 124 valence electrons. The van der Waals surface area contributed by atoms with Gasteiger partial charge in [0.1, 0.15) is 5.84 Å². The predicted molar refractivity (Wildman–Crippen MR) is 85.4 cm³/mol. The fourth-order valence-corrected chi connectivity index (χ4v) is 2.77. The number of nitrogens with one attached hydrogen (secondary N) is 1. The fourth-order valence-electron chi connectivity index (χ4n) is 2.77. The molecule has 1 fully saturated rings. The highest BCUT2D eigenvalue weighted by Gasteiger charge is 2.32. The average Bonchev–Trinajstić information content (AvgIpc) is 2.90. The van der Waals surface area contributed by atoms with Crippen LogP contribution in [-0.2, 0) is 27.2 Å². The second-order valence-corrected chi connectivity index (χ2v) is 5.75. The summed E-state index contributed by atoms with van der Waals surface area (Å²) >= 11 is 0. The third-order valence-corrected chi connectivity index (χ3v) is 4.14. The van der Waals surface area contributed by atoms with Gasteiger partial charge in [-0.05, 0) is 11.6 Å². The van der Waals surface area contributed by atoms with Gasteiger partial charge in [0.05, 0.1) is 31.4 Å². The van der Waals surface area contributed by atoms with Gasteiger partial charge < -0.3 is 19.7 Å². The first-order valence-corrected chi connectivity index (χ1v) is 7.77. The van der Waals surface area contributed by atoms with E-state index < -0.39 is 0 Å². The number of methoxy groups -OCH3 is 2. The van der Waals surface area contributed by atoms with Crippen LogP contribution in [0, 0.1) is 0 Å². The molecule has 0 aliphatic carbocycles. The van der Waals surface area contributed by atoms with E-state index in [4.69, 9.17) is 9.47 Å². The number of carbonyl (C=O) groups is 1. The van der Waals surface area contributed by atoms with Gasteiger partial charge in [-0.15, -0.1) is 0 Å². The Hall–Kier alpha value is -1.99. The van der Waals surface area contributed by atoms with E-state index in [-0.39, 0.29) is 12.3 Å². The molecule has 0 bridgehead atoms. The molecule has 2 aliphatic rings. The van der Waals surface area contributed by atoms with E-state index in [9.17, 15) is 4.79 Å². The number of hydrogen-bond donors (Lipinski definition) is 1. The van der Waals surface area contributed by atoms with Crippen LogP contribution in [0.3, 0.4) is 0 Å². The van der Waals surface area contributed by atoms with Crippen molar-refractivity contribution in [2.24, 2.45) is 4.99 Å². The number of hydrogen-bond acceptors (Lipinski definition) is 6. The molecular formula is C16H22N4O3. The first-order chi connectivity index (χ1) is 11.2. The molecule has 7 nitrogen and oxygen atoms in total. The molecule has 3 rings (SSSR count). The number of ether oxygens (including phenoxy) is 2. The van der Waals surface area contributed by atoms with Crippen molar-refractivity contribution in [3.05, 3.63) is 29.1 Å². The molecule has 0 unspecified atom stereocenters. The number of likely N-dealkylation sites (tertiary alicyclic amines) is 1. The Labute approximate surface area is 135 Å². The second kappa shape index (κ2) is 7.06. The number of aromatic nitrogens is 1. The molecule has 1 amide bonds. The maximum atomic E-state index is 11.8. The van der Waals surface area contributed by atoms with Crippen molar-refractivity contribution in [3.8, 4) is 0 Å². The van der Waals surface area contributed by atoms with E-state index >= 15 is 0 Å². The zero-order valence-corrected chi connectivity index (χ0v) is 13.5. The van der Waals surface area contributed by atoms with Gasteiger partial charge in [0.2, 0.25) is 5.91 Å². The van der Waals surface area contributed by atoms with Crippen LogP contribution in [0.25, 0.3) is 0 Å². The molecule has 0 radical (unpaired) electrons. The lowest BCUT2D eigenvalue weighted by molar-refractivity contribution is -0.120. The Balaban J connectivity index is 1.58. The smallest absolute Gasteiger partial charge is 0.226 e. The lowest BCUT2D eigenvalue weighted by Gasteiger charge is -2.39. The summed E-state index contributed by atoms with van der Waals surface area (Å²) in [6.45, 7) is 3.43. The van der Waals surface area contributed by atoms with Crippen LogP contribution in [0.5, 0.6) is 0 Å². The standard InChI is InChI=1S/C16H22N4O3/c1-22-4-3-17-15(21)6-12-5-11-7-19-16(14(11)8-18-12)20-9-13(10-20)23-2/h5,8,13H,3-4,6-7,9-10H2,1-2H3,(H,17,21). The van der Waals surface area contributed by atoms with Crippen molar-refractivity contribution in [1.82, 2.24) is 15.2 Å². The van der Waals surface area contributed by atoms with Gasteiger partial charge in [-0.3, -0.25) is 14.8 Å². The van der Waals surface area contributed by atoms with Crippen LogP contribution in [0.4, 0.5) is 0 Å². The number of carbonyl (C=O) groups excluding carboxylic acids is 1. The van der Waals surface area contributed by atoms with Gasteiger partial charge in [0.15, 0.2) is 0 Å². The SMILES string of the molecule is COCCNC(=O)Cc1cc2c(cn1)C(N1CC(OC)C1)=NC2. The molecule has 3 heterocycles. The van der Waals surface area contributed by atoms with Gasteiger partial charge in [0.25, 0.3) is 0 Å². The zero-order chi connectivity index (χ0) is 16.2. The Morgan fingerprint density at radius 2 is 2.26 bits per heavy atom. The summed E-state index contributed by atoms with van der Waals surface area (Å²) in [5.41, 5.74) is 2.98. The molecule has 0 spiro atoms. The summed E-state index contributed by atoms with van der Waals surface area (Å²) < 4.78 is 10.2. The van der Waals surface area contributed by atoms with Crippen LogP contribution in [0.1, 0.15) is 16.8 Å². The third-order valence-electron chi connectivity index (χ3n) is 4.14. The summed E-state index contributed by atoms with van der Waals surface area (Å²) in [5.74, 6) is 0.955. The number of aliphatic imine (C=N–C) groups is 1. The molecule has 1 saturated heterocycles. The molecule has 2 aliphatic heterocycles. The highest BCUT2D eigenvalue weighted by Crippen LogP contribution is 2.24. The van der Waals surface area contributed by atoms with E-state index in [1.165, 1.54) is 0 Å². The van der Waals surface area contributed by atoms with E-state index in [1.54, 1.807) is 14.2 Å².